The van der Waals surface area contributed by atoms with Crippen molar-refractivity contribution in [3.63, 3.8) is 0 Å². The third kappa shape index (κ3) is 1.75. The summed E-state index contributed by atoms with van der Waals surface area (Å²) in [7, 11) is 0. The third-order valence-corrected chi connectivity index (χ3v) is 2.94. The lowest BCUT2D eigenvalue weighted by Crippen LogP contribution is -2.41. The molecule has 3 nitrogen and oxygen atoms in total. The van der Waals surface area contributed by atoms with Crippen molar-refractivity contribution >= 4 is 5.71 Å². The number of rotatable bonds is 1. The Bertz CT molecular complexity index is 229. The minimum atomic E-state index is 0.352. The van der Waals surface area contributed by atoms with Crippen molar-refractivity contribution in [2.24, 2.45) is 5.16 Å². The summed E-state index contributed by atoms with van der Waals surface area (Å²) >= 11 is 0. The summed E-state index contributed by atoms with van der Waals surface area (Å²) in [5.74, 6) is 0. The quantitative estimate of drug-likeness (QED) is 0.492. The Labute approximate surface area is 78.7 Å². The normalized spacial score (nSPS) is 32.9. The van der Waals surface area contributed by atoms with E-state index in [0.29, 0.717) is 6.04 Å². The van der Waals surface area contributed by atoms with Gasteiger partial charge in [-0.1, -0.05) is 17.7 Å². The number of hydrogen-bond donors (Lipinski definition) is 1. The molecule has 0 radical (unpaired) electrons. The summed E-state index contributed by atoms with van der Waals surface area (Å²) in [6, 6.07) is 0.352. The first-order valence-corrected chi connectivity index (χ1v) is 5.04. The summed E-state index contributed by atoms with van der Waals surface area (Å²) in [4.78, 5) is 2.43. The maximum atomic E-state index is 8.78. The molecule has 13 heavy (non-hydrogen) atoms. The number of piperidine rings is 1. The van der Waals surface area contributed by atoms with E-state index in [2.05, 4.69) is 16.1 Å². The molecule has 1 aliphatic carbocycles. The Hall–Kier alpha value is -0.830. The lowest BCUT2D eigenvalue weighted by atomic mass is 10.1. The monoisotopic (exact) mass is 180 g/mol. The number of nitrogens with zero attached hydrogens (tertiary/aromatic N) is 2. The highest BCUT2D eigenvalue weighted by atomic mass is 16.4. The van der Waals surface area contributed by atoms with Crippen LogP contribution in [-0.4, -0.2) is 35.0 Å². The SMILES string of the molecule is O/N=C1\C=CC[C@@H]1N1CCCCC1. The van der Waals surface area contributed by atoms with Crippen LogP contribution in [0.1, 0.15) is 25.7 Å². The number of oxime groups is 1. The van der Waals surface area contributed by atoms with Gasteiger partial charge in [0, 0.05) is 0 Å². The van der Waals surface area contributed by atoms with E-state index in [1.165, 1.54) is 19.3 Å². The van der Waals surface area contributed by atoms with Crippen LogP contribution in [-0.2, 0) is 0 Å². The lowest BCUT2D eigenvalue weighted by molar-refractivity contribution is 0.200. The van der Waals surface area contributed by atoms with E-state index in [1.54, 1.807) is 0 Å². The van der Waals surface area contributed by atoms with E-state index in [9.17, 15) is 0 Å². The van der Waals surface area contributed by atoms with Gasteiger partial charge in [-0.3, -0.25) is 4.90 Å². The minimum Gasteiger partial charge on any atom is -0.411 e. The highest BCUT2D eigenvalue weighted by Gasteiger charge is 2.26. The average molecular weight is 180 g/mol. The zero-order valence-electron chi connectivity index (χ0n) is 7.82. The van der Waals surface area contributed by atoms with Crippen LogP contribution in [0.25, 0.3) is 0 Å². The molecule has 1 fully saturated rings. The van der Waals surface area contributed by atoms with E-state index < -0.39 is 0 Å². The zero-order valence-corrected chi connectivity index (χ0v) is 7.82. The van der Waals surface area contributed by atoms with Gasteiger partial charge in [0.05, 0.1) is 11.8 Å². The highest BCUT2D eigenvalue weighted by molar-refractivity contribution is 6.01. The van der Waals surface area contributed by atoms with Crippen molar-refractivity contribution in [2.45, 2.75) is 31.7 Å². The Balaban J connectivity index is 2.00. The van der Waals surface area contributed by atoms with E-state index in [-0.39, 0.29) is 0 Å². The van der Waals surface area contributed by atoms with E-state index in [0.717, 1.165) is 25.2 Å². The lowest BCUT2D eigenvalue weighted by Gasteiger charge is -2.31. The molecule has 0 amide bonds. The molecule has 72 valence electrons. The molecule has 0 aromatic rings. The molecule has 1 heterocycles. The molecule has 2 rings (SSSR count). The second-order valence-electron chi connectivity index (χ2n) is 3.78. The van der Waals surface area contributed by atoms with Gasteiger partial charge in [-0.2, -0.15) is 0 Å². The van der Waals surface area contributed by atoms with Gasteiger partial charge >= 0.3 is 0 Å². The van der Waals surface area contributed by atoms with Gasteiger partial charge in [0.15, 0.2) is 0 Å². The standard InChI is InChI=1S/C10H16N2O/c13-11-9-5-4-6-10(9)12-7-2-1-3-8-12/h4-5,10,13H,1-3,6-8H2/b11-9+/t10-/m0/s1. The molecular weight excluding hydrogens is 164 g/mol. The van der Waals surface area contributed by atoms with Gasteiger partial charge < -0.3 is 5.21 Å². The van der Waals surface area contributed by atoms with Crippen molar-refractivity contribution in [1.29, 1.82) is 0 Å². The molecule has 0 bridgehead atoms. The van der Waals surface area contributed by atoms with Crippen molar-refractivity contribution in [3.8, 4) is 0 Å². The summed E-state index contributed by atoms with van der Waals surface area (Å²) in [6.07, 6.45) is 8.96. The zero-order chi connectivity index (χ0) is 9.10. The summed E-state index contributed by atoms with van der Waals surface area (Å²) in [6.45, 7) is 2.32. The first kappa shape index (κ1) is 8.75. The van der Waals surface area contributed by atoms with Crippen LogP contribution in [0.15, 0.2) is 17.3 Å². The van der Waals surface area contributed by atoms with Gasteiger partial charge in [-0.15, -0.1) is 0 Å². The van der Waals surface area contributed by atoms with Crippen LogP contribution in [0.2, 0.25) is 0 Å². The van der Waals surface area contributed by atoms with E-state index in [4.69, 9.17) is 5.21 Å². The average Bonchev–Trinajstić information content (AvgIpc) is 2.67. The molecular formula is C10H16N2O. The van der Waals surface area contributed by atoms with Crippen molar-refractivity contribution in [3.05, 3.63) is 12.2 Å². The van der Waals surface area contributed by atoms with E-state index in [1.807, 2.05) is 6.08 Å². The van der Waals surface area contributed by atoms with Crippen LogP contribution in [0.5, 0.6) is 0 Å². The predicted molar refractivity (Wildman–Crippen MR) is 52.2 cm³/mol. The first-order valence-electron chi connectivity index (χ1n) is 5.04. The van der Waals surface area contributed by atoms with Gasteiger partial charge in [0.1, 0.15) is 0 Å². The van der Waals surface area contributed by atoms with Crippen LogP contribution in [0, 0.1) is 0 Å². The maximum absolute atomic E-state index is 8.78. The molecule has 3 heteroatoms. The molecule has 0 spiro atoms. The summed E-state index contributed by atoms with van der Waals surface area (Å²) in [5, 5.41) is 12.1. The molecule has 1 aliphatic heterocycles. The third-order valence-electron chi connectivity index (χ3n) is 2.94. The van der Waals surface area contributed by atoms with Crippen LogP contribution in [0.3, 0.4) is 0 Å². The first-order chi connectivity index (χ1) is 6.42. The van der Waals surface area contributed by atoms with Crippen LogP contribution in [0.4, 0.5) is 0 Å². The van der Waals surface area contributed by atoms with Gasteiger partial charge in [-0.25, -0.2) is 0 Å². The Morgan fingerprint density at radius 2 is 2.08 bits per heavy atom. The second kappa shape index (κ2) is 3.92. The van der Waals surface area contributed by atoms with Gasteiger partial charge in [-0.05, 0) is 38.4 Å². The van der Waals surface area contributed by atoms with Gasteiger partial charge in [0.2, 0.25) is 0 Å². The van der Waals surface area contributed by atoms with Gasteiger partial charge in [0.25, 0.3) is 0 Å². The smallest absolute Gasteiger partial charge is 0.0967 e. The molecule has 0 aromatic carbocycles. The Morgan fingerprint density at radius 3 is 2.77 bits per heavy atom. The molecule has 1 N–H and O–H groups in total. The largest absolute Gasteiger partial charge is 0.411 e. The molecule has 0 unspecified atom stereocenters. The summed E-state index contributed by atoms with van der Waals surface area (Å²) in [5.41, 5.74) is 0.835. The molecule has 2 aliphatic rings. The predicted octanol–water partition coefficient (Wildman–Crippen LogP) is 1.63. The van der Waals surface area contributed by atoms with Crippen molar-refractivity contribution in [1.82, 2.24) is 4.90 Å². The van der Waals surface area contributed by atoms with Crippen LogP contribution < -0.4 is 0 Å². The number of likely N-dealkylation sites (tertiary alicyclic amines) is 1. The highest BCUT2D eigenvalue weighted by Crippen LogP contribution is 2.19. The maximum Gasteiger partial charge on any atom is 0.0967 e. The second-order valence-corrected chi connectivity index (χ2v) is 3.78. The summed E-state index contributed by atoms with van der Waals surface area (Å²) < 4.78 is 0. The Kier molecular flexibility index (Phi) is 2.64. The van der Waals surface area contributed by atoms with E-state index >= 15 is 0 Å². The van der Waals surface area contributed by atoms with Crippen LogP contribution >= 0.6 is 0 Å². The minimum absolute atomic E-state index is 0.352. The van der Waals surface area contributed by atoms with Crippen molar-refractivity contribution < 1.29 is 5.21 Å². The number of hydrogen-bond acceptors (Lipinski definition) is 3. The molecule has 1 atom stereocenters. The fourth-order valence-electron chi connectivity index (χ4n) is 2.22. The fraction of sp³-hybridized carbons (Fsp3) is 0.700. The molecule has 0 saturated carbocycles. The fourth-order valence-corrected chi connectivity index (χ4v) is 2.22. The van der Waals surface area contributed by atoms with Crippen molar-refractivity contribution in [2.75, 3.05) is 13.1 Å². The Morgan fingerprint density at radius 1 is 1.31 bits per heavy atom. The topological polar surface area (TPSA) is 35.8 Å². The molecule has 1 saturated heterocycles. The molecule has 0 aromatic heterocycles.